The molecule has 5 nitrogen and oxygen atoms in total. The molecule has 1 aliphatic rings. The van der Waals surface area contributed by atoms with Gasteiger partial charge in [-0.2, -0.15) is 0 Å². The second-order valence-electron chi connectivity index (χ2n) is 5.33. The van der Waals surface area contributed by atoms with Crippen LogP contribution < -0.4 is 5.32 Å². The van der Waals surface area contributed by atoms with Crippen LogP contribution in [0.2, 0.25) is 0 Å². The van der Waals surface area contributed by atoms with Crippen molar-refractivity contribution >= 4 is 17.3 Å². The third-order valence-electron chi connectivity index (χ3n) is 3.56. The lowest BCUT2D eigenvalue weighted by molar-refractivity contribution is -0.125. The lowest BCUT2D eigenvalue weighted by atomic mass is 10.0. The van der Waals surface area contributed by atoms with Gasteiger partial charge in [-0.3, -0.25) is 4.79 Å². The molecule has 0 spiro atoms. The van der Waals surface area contributed by atoms with Crippen LogP contribution in [0.1, 0.15) is 17.5 Å². The largest absolute Gasteiger partial charge is 0.506 e. The van der Waals surface area contributed by atoms with Crippen LogP contribution in [-0.4, -0.2) is 22.8 Å². The van der Waals surface area contributed by atoms with Gasteiger partial charge in [-0.25, -0.2) is 4.39 Å². The van der Waals surface area contributed by atoms with E-state index in [1.807, 2.05) is 6.92 Å². The Bertz CT molecular complexity index is 789. The molecule has 2 aromatic carbocycles. The molecule has 3 rings (SSSR count). The van der Waals surface area contributed by atoms with Gasteiger partial charge < -0.3 is 15.3 Å². The lowest BCUT2D eigenvalue weighted by Gasteiger charge is -2.11. The number of halogens is 1. The molecule has 6 heteroatoms. The third kappa shape index (κ3) is 3.15. The standard InChI is InChI=1S/C17H15FN2O3/c1-10-6-7-15(21)14(8-10)19-17(22)16-9-13(20-23-16)11-4-2-3-5-12(11)18/h2-8,16,21H,9H2,1H3,(H,19,22)/t16-/m0/s1. The van der Waals surface area contributed by atoms with E-state index in [2.05, 4.69) is 10.5 Å². The van der Waals surface area contributed by atoms with E-state index in [4.69, 9.17) is 4.84 Å². The number of aromatic hydroxyl groups is 1. The fourth-order valence-electron chi connectivity index (χ4n) is 2.34. The number of amides is 1. The Labute approximate surface area is 132 Å². The molecule has 0 aromatic heterocycles. The zero-order valence-electron chi connectivity index (χ0n) is 12.4. The van der Waals surface area contributed by atoms with Crippen LogP contribution in [0.5, 0.6) is 5.75 Å². The molecule has 0 saturated heterocycles. The maximum Gasteiger partial charge on any atom is 0.268 e. The number of benzene rings is 2. The number of rotatable bonds is 3. The van der Waals surface area contributed by atoms with Gasteiger partial charge in [0.2, 0.25) is 6.10 Å². The molecule has 0 bridgehead atoms. The number of carbonyl (C=O) groups is 1. The van der Waals surface area contributed by atoms with E-state index in [1.165, 1.54) is 12.1 Å². The Kier molecular flexibility index (Phi) is 3.97. The summed E-state index contributed by atoms with van der Waals surface area (Å²) < 4.78 is 13.7. The van der Waals surface area contributed by atoms with Crippen LogP contribution in [0.3, 0.4) is 0 Å². The van der Waals surface area contributed by atoms with E-state index in [9.17, 15) is 14.3 Å². The Hall–Kier alpha value is -2.89. The number of hydrogen-bond donors (Lipinski definition) is 2. The van der Waals surface area contributed by atoms with Crippen LogP contribution in [0, 0.1) is 12.7 Å². The highest BCUT2D eigenvalue weighted by molar-refractivity contribution is 6.06. The van der Waals surface area contributed by atoms with Crippen LogP contribution in [0.15, 0.2) is 47.6 Å². The van der Waals surface area contributed by atoms with Crippen LogP contribution in [0.4, 0.5) is 10.1 Å². The Morgan fingerprint density at radius 1 is 1.35 bits per heavy atom. The summed E-state index contributed by atoms with van der Waals surface area (Å²) in [7, 11) is 0. The average molecular weight is 314 g/mol. The molecule has 0 aliphatic carbocycles. The van der Waals surface area contributed by atoms with Crippen molar-refractivity contribution in [3.8, 4) is 5.75 Å². The van der Waals surface area contributed by atoms with Crippen molar-refractivity contribution in [2.45, 2.75) is 19.4 Å². The summed E-state index contributed by atoms with van der Waals surface area (Å²) in [6.07, 6.45) is -0.691. The monoisotopic (exact) mass is 314 g/mol. The molecule has 2 N–H and O–H groups in total. The van der Waals surface area contributed by atoms with Crippen molar-refractivity contribution in [3.63, 3.8) is 0 Å². The number of phenols is 1. The van der Waals surface area contributed by atoms with Crippen molar-refractivity contribution < 1.29 is 19.1 Å². The number of aryl methyl sites for hydroxylation is 1. The first-order valence-corrected chi connectivity index (χ1v) is 7.12. The quantitative estimate of drug-likeness (QED) is 0.856. The Morgan fingerprint density at radius 2 is 2.13 bits per heavy atom. The number of nitrogens with zero attached hydrogens (tertiary/aromatic N) is 1. The summed E-state index contributed by atoms with van der Waals surface area (Å²) >= 11 is 0. The molecule has 1 amide bonds. The fourth-order valence-corrected chi connectivity index (χ4v) is 2.34. The summed E-state index contributed by atoms with van der Waals surface area (Å²) in [6.45, 7) is 1.85. The first-order chi connectivity index (χ1) is 11.0. The topological polar surface area (TPSA) is 70.9 Å². The Balaban J connectivity index is 1.69. The van der Waals surface area contributed by atoms with Crippen molar-refractivity contribution in [1.29, 1.82) is 0 Å². The van der Waals surface area contributed by atoms with Gasteiger partial charge in [0, 0.05) is 12.0 Å². The number of oxime groups is 1. The average Bonchev–Trinajstić information content (AvgIpc) is 3.01. The molecule has 0 saturated carbocycles. The molecule has 0 fully saturated rings. The molecule has 118 valence electrons. The molecular weight excluding hydrogens is 299 g/mol. The maximum absolute atomic E-state index is 13.7. The summed E-state index contributed by atoms with van der Waals surface area (Å²) in [4.78, 5) is 17.3. The highest BCUT2D eigenvalue weighted by Crippen LogP contribution is 2.25. The van der Waals surface area contributed by atoms with Gasteiger partial charge >= 0.3 is 0 Å². The van der Waals surface area contributed by atoms with Gasteiger partial charge in [0.1, 0.15) is 11.6 Å². The first-order valence-electron chi connectivity index (χ1n) is 7.12. The molecular formula is C17H15FN2O3. The van der Waals surface area contributed by atoms with Crippen molar-refractivity contribution in [2.75, 3.05) is 5.32 Å². The van der Waals surface area contributed by atoms with E-state index < -0.39 is 17.8 Å². The first kappa shape index (κ1) is 15.0. The SMILES string of the molecule is Cc1ccc(O)c(NC(=O)[C@@H]2CC(c3ccccc3F)=NO2)c1. The van der Waals surface area contributed by atoms with Gasteiger partial charge in [0.05, 0.1) is 11.4 Å². The smallest absolute Gasteiger partial charge is 0.268 e. The van der Waals surface area contributed by atoms with Gasteiger partial charge in [-0.05, 0) is 30.7 Å². The van der Waals surface area contributed by atoms with E-state index in [1.54, 1.807) is 30.3 Å². The summed E-state index contributed by atoms with van der Waals surface area (Å²) in [5, 5.41) is 16.2. The third-order valence-corrected chi connectivity index (χ3v) is 3.56. The minimum Gasteiger partial charge on any atom is -0.506 e. The minimum atomic E-state index is -0.857. The summed E-state index contributed by atoms with van der Waals surface area (Å²) in [5.74, 6) is -0.884. The zero-order chi connectivity index (χ0) is 16.4. The van der Waals surface area contributed by atoms with Crippen LogP contribution in [-0.2, 0) is 9.63 Å². The highest BCUT2D eigenvalue weighted by Gasteiger charge is 2.30. The van der Waals surface area contributed by atoms with Gasteiger partial charge in [-0.1, -0.05) is 29.4 Å². The van der Waals surface area contributed by atoms with Crippen molar-refractivity contribution in [1.82, 2.24) is 0 Å². The predicted molar refractivity (Wildman–Crippen MR) is 83.9 cm³/mol. The molecule has 1 aliphatic heterocycles. The molecule has 0 radical (unpaired) electrons. The number of hydrogen-bond acceptors (Lipinski definition) is 4. The number of anilines is 1. The predicted octanol–water partition coefficient (Wildman–Crippen LogP) is 2.97. The number of phenolic OH excluding ortho intramolecular Hbond substituents is 1. The molecule has 1 heterocycles. The van der Waals surface area contributed by atoms with Gasteiger partial charge in [-0.15, -0.1) is 0 Å². The molecule has 0 unspecified atom stereocenters. The summed E-state index contributed by atoms with van der Waals surface area (Å²) in [5.41, 5.74) is 1.91. The normalized spacial score (nSPS) is 16.6. The zero-order valence-corrected chi connectivity index (χ0v) is 12.4. The van der Waals surface area contributed by atoms with E-state index >= 15 is 0 Å². The number of nitrogens with one attached hydrogen (secondary N) is 1. The fraction of sp³-hybridized carbons (Fsp3) is 0.176. The van der Waals surface area contributed by atoms with Gasteiger partial charge in [0.15, 0.2) is 0 Å². The molecule has 2 aromatic rings. The van der Waals surface area contributed by atoms with E-state index in [-0.39, 0.29) is 12.2 Å². The van der Waals surface area contributed by atoms with E-state index in [0.29, 0.717) is 17.0 Å². The second kappa shape index (κ2) is 6.08. The van der Waals surface area contributed by atoms with Gasteiger partial charge in [0.25, 0.3) is 5.91 Å². The molecule has 1 atom stereocenters. The maximum atomic E-state index is 13.7. The summed E-state index contributed by atoms with van der Waals surface area (Å²) in [6, 6.07) is 11.1. The van der Waals surface area contributed by atoms with Crippen LogP contribution >= 0.6 is 0 Å². The minimum absolute atomic E-state index is 0.0304. The van der Waals surface area contributed by atoms with E-state index in [0.717, 1.165) is 5.56 Å². The van der Waals surface area contributed by atoms with Crippen molar-refractivity contribution in [3.05, 3.63) is 59.4 Å². The van der Waals surface area contributed by atoms with Crippen molar-refractivity contribution in [2.24, 2.45) is 5.16 Å². The Morgan fingerprint density at radius 3 is 2.91 bits per heavy atom. The number of carbonyl (C=O) groups excluding carboxylic acids is 1. The highest BCUT2D eigenvalue weighted by atomic mass is 19.1. The molecule has 23 heavy (non-hydrogen) atoms. The lowest BCUT2D eigenvalue weighted by Crippen LogP contribution is -2.28. The van der Waals surface area contributed by atoms with Crippen LogP contribution in [0.25, 0.3) is 0 Å². The second-order valence-corrected chi connectivity index (χ2v) is 5.33.